The second-order valence-electron chi connectivity index (χ2n) is 5.65. The fraction of sp³-hybridized carbons (Fsp3) is 0.643. The van der Waals surface area contributed by atoms with Crippen LogP contribution < -0.4 is 16.0 Å². The molecule has 0 atom stereocenters. The number of carbonyl (C=O) groups excluding carboxylic acids is 1. The Balaban J connectivity index is 2.20. The van der Waals surface area contributed by atoms with Crippen LogP contribution in [0.1, 0.15) is 30.7 Å². The molecule has 1 amide bonds. The van der Waals surface area contributed by atoms with Crippen molar-refractivity contribution in [3.8, 4) is 0 Å². The summed E-state index contributed by atoms with van der Waals surface area (Å²) in [7, 11) is 1.70. The van der Waals surface area contributed by atoms with Crippen LogP contribution in [0.2, 0.25) is 0 Å². The van der Waals surface area contributed by atoms with Crippen LogP contribution >= 0.6 is 11.3 Å². The van der Waals surface area contributed by atoms with E-state index in [2.05, 4.69) is 25.9 Å². The summed E-state index contributed by atoms with van der Waals surface area (Å²) in [5.41, 5.74) is -0.485. The van der Waals surface area contributed by atoms with Gasteiger partial charge >= 0.3 is 6.09 Å². The normalized spacial score (nSPS) is 12.0. The van der Waals surface area contributed by atoms with Gasteiger partial charge in [0.15, 0.2) is 5.96 Å². The Morgan fingerprint density at radius 1 is 1.32 bits per heavy atom. The molecule has 0 aliphatic rings. The lowest BCUT2D eigenvalue weighted by molar-refractivity contribution is 0.0529. The smallest absolute Gasteiger partial charge is 0.407 e. The molecule has 7 nitrogen and oxygen atoms in total. The first-order valence-electron chi connectivity index (χ1n) is 7.13. The molecule has 0 fully saturated rings. The predicted octanol–water partition coefficient (Wildman–Crippen LogP) is 1.64. The van der Waals surface area contributed by atoms with Crippen LogP contribution in [-0.2, 0) is 11.3 Å². The van der Waals surface area contributed by atoms with Gasteiger partial charge in [0.1, 0.15) is 10.6 Å². The third-order valence-electron chi connectivity index (χ3n) is 2.39. The van der Waals surface area contributed by atoms with E-state index in [0.29, 0.717) is 25.6 Å². The largest absolute Gasteiger partial charge is 0.444 e. The van der Waals surface area contributed by atoms with Gasteiger partial charge in [0.25, 0.3) is 0 Å². The molecular formula is C14H25N5O2S. The number of nitrogens with one attached hydrogen (secondary N) is 3. The van der Waals surface area contributed by atoms with Crippen LogP contribution in [0.3, 0.4) is 0 Å². The van der Waals surface area contributed by atoms with Gasteiger partial charge in [-0.05, 0) is 27.7 Å². The summed E-state index contributed by atoms with van der Waals surface area (Å²) in [5, 5.41) is 9.96. The number of aryl methyl sites for hydroxylation is 1. The van der Waals surface area contributed by atoms with E-state index in [9.17, 15) is 4.79 Å². The van der Waals surface area contributed by atoms with E-state index in [4.69, 9.17) is 4.74 Å². The van der Waals surface area contributed by atoms with E-state index in [-0.39, 0.29) is 0 Å². The molecule has 0 bridgehead atoms. The number of amides is 1. The molecule has 1 rings (SSSR count). The molecule has 1 heterocycles. The molecule has 1 aromatic rings. The van der Waals surface area contributed by atoms with Crippen LogP contribution in [-0.4, -0.2) is 42.8 Å². The number of guanidine groups is 1. The van der Waals surface area contributed by atoms with Crippen LogP contribution in [0.25, 0.3) is 0 Å². The molecule has 3 N–H and O–H groups in total. The molecule has 1 aromatic heterocycles. The Labute approximate surface area is 135 Å². The molecular weight excluding hydrogens is 302 g/mol. The third kappa shape index (κ3) is 7.82. The number of hydrogen-bond acceptors (Lipinski definition) is 5. The molecule has 0 radical (unpaired) electrons. The van der Waals surface area contributed by atoms with Gasteiger partial charge in [-0.15, -0.1) is 11.3 Å². The van der Waals surface area contributed by atoms with Crippen molar-refractivity contribution >= 4 is 23.4 Å². The van der Waals surface area contributed by atoms with Crippen LogP contribution in [0.15, 0.2) is 11.2 Å². The van der Waals surface area contributed by atoms with E-state index in [1.807, 2.05) is 33.9 Å². The number of ether oxygens (including phenoxy) is 1. The fourth-order valence-electron chi connectivity index (χ4n) is 1.52. The average molecular weight is 327 g/mol. The topological polar surface area (TPSA) is 87.6 Å². The van der Waals surface area contributed by atoms with Crippen molar-refractivity contribution in [3.63, 3.8) is 0 Å². The minimum absolute atomic E-state index is 0.421. The first-order chi connectivity index (χ1) is 10.3. The van der Waals surface area contributed by atoms with E-state index in [1.165, 1.54) is 4.88 Å². The SMILES string of the molecule is CN=C(NCCNC(=O)OC(C)(C)C)NCc1ncc(C)s1. The number of carbonyl (C=O) groups is 1. The summed E-state index contributed by atoms with van der Waals surface area (Å²) in [6, 6.07) is 0. The number of rotatable bonds is 5. The molecule has 22 heavy (non-hydrogen) atoms. The lowest BCUT2D eigenvalue weighted by atomic mass is 10.2. The zero-order valence-electron chi connectivity index (χ0n) is 13.8. The number of aromatic nitrogens is 1. The van der Waals surface area contributed by atoms with Gasteiger partial charge in [0.2, 0.25) is 0 Å². The molecule has 0 saturated carbocycles. The quantitative estimate of drug-likeness (QED) is 0.435. The van der Waals surface area contributed by atoms with Gasteiger partial charge < -0.3 is 20.7 Å². The van der Waals surface area contributed by atoms with E-state index in [0.717, 1.165) is 5.01 Å². The van der Waals surface area contributed by atoms with Crippen molar-refractivity contribution in [1.82, 2.24) is 20.9 Å². The summed E-state index contributed by atoms with van der Waals surface area (Å²) >= 11 is 1.65. The first-order valence-corrected chi connectivity index (χ1v) is 7.94. The van der Waals surface area contributed by atoms with Crippen molar-refractivity contribution in [2.75, 3.05) is 20.1 Å². The van der Waals surface area contributed by atoms with Crippen molar-refractivity contribution in [1.29, 1.82) is 0 Å². The van der Waals surface area contributed by atoms with E-state index in [1.54, 1.807) is 18.4 Å². The highest BCUT2D eigenvalue weighted by Crippen LogP contribution is 2.10. The third-order valence-corrected chi connectivity index (χ3v) is 3.30. The Morgan fingerprint density at radius 3 is 2.55 bits per heavy atom. The molecule has 8 heteroatoms. The number of alkyl carbamates (subject to hydrolysis) is 1. The van der Waals surface area contributed by atoms with E-state index < -0.39 is 11.7 Å². The van der Waals surface area contributed by atoms with Crippen molar-refractivity contribution in [2.45, 2.75) is 39.8 Å². The average Bonchev–Trinajstić information content (AvgIpc) is 2.81. The Morgan fingerprint density at radius 2 is 2.00 bits per heavy atom. The fourth-order valence-corrected chi connectivity index (χ4v) is 2.25. The van der Waals surface area contributed by atoms with Gasteiger partial charge in [-0.25, -0.2) is 9.78 Å². The highest BCUT2D eigenvalue weighted by Gasteiger charge is 2.15. The Hall–Kier alpha value is -1.83. The Kier molecular flexibility index (Phi) is 7.10. The summed E-state index contributed by atoms with van der Waals surface area (Å²) < 4.78 is 5.15. The monoisotopic (exact) mass is 327 g/mol. The number of nitrogens with zero attached hydrogens (tertiary/aromatic N) is 2. The summed E-state index contributed by atoms with van der Waals surface area (Å²) in [6.07, 6.45) is 1.43. The van der Waals surface area contributed by atoms with Crippen LogP contribution in [0, 0.1) is 6.92 Å². The molecule has 0 saturated heterocycles. The maximum Gasteiger partial charge on any atom is 0.407 e. The van der Waals surface area contributed by atoms with Gasteiger partial charge in [-0.1, -0.05) is 0 Å². The zero-order chi connectivity index (χ0) is 16.6. The summed E-state index contributed by atoms with van der Waals surface area (Å²) in [5.74, 6) is 0.666. The maximum absolute atomic E-state index is 11.5. The standard InChI is InChI=1S/C14H25N5O2S/c1-10-8-18-11(22-10)9-19-12(15-5)16-6-7-17-13(20)21-14(2,3)4/h8H,6-7,9H2,1-5H3,(H,17,20)(H2,15,16,19). The lowest BCUT2D eigenvalue weighted by Crippen LogP contribution is -2.42. The van der Waals surface area contributed by atoms with Crippen molar-refractivity contribution in [3.05, 3.63) is 16.1 Å². The van der Waals surface area contributed by atoms with Gasteiger partial charge in [0.05, 0.1) is 6.54 Å². The Bertz CT molecular complexity index is 508. The highest BCUT2D eigenvalue weighted by atomic mass is 32.1. The van der Waals surface area contributed by atoms with Gasteiger partial charge in [-0.2, -0.15) is 0 Å². The van der Waals surface area contributed by atoms with Crippen LogP contribution in [0.5, 0.6) is 0 Å². The summed E-state index contributed by atoms with van der Waals surface area (Å²) in [4.78, 5) is 21.0. The van der Waals surface area contributed by atoms with Crippen molar-refractivity contribution < 1.29 is 9.53 Å². The van der Waals surface area contributed by atoms with Crippen LogP contribution in [0.4, 0.5) is 4.79 Å². The summed E-state index contributed by atoms with van der Waals surface area (Å²) in [6.45, 7) is 9.14. The molecule has 0 aliphatic heterocycles. The second-order valence-corrected chi connectivity index (χ2v) is 6.97. The minimum Gasteiger partial charge on any atom is -0.444 e. The lowest BCUT2D eigenvalue weighted by Gasteiger charge is -2.19. The number of thiazole rings is 1. The van der Waals surface area contributed by atoms with Gasteiger partial charge in [0, 0.05) is 31.2 Å². The number of aliphatic imine (C=N–C) groups is 1. The molecule has 0 aromatic carbocycles. The van der Waals surface area contributed by atoms with Crippen molar-refractivity contribution in [2.24, 2.45) is 4.99 Å². The highest BCUT2D eigenvalue weighted by molar-refractivity contribution is 7.11. The molecule has 0 spiro atoms. The molecule has 0 unspecified atom stereocenters. The first kappa shape index (κ1) is 18.2. The molecule has 0 aliphatic carbocycles. The van der Waals surface area contributed by atoms with E-state index >= 15 is 0 Å². The van der Waals surface area contributed by atoms with Gasteiger partial charge in [-0.3, -0.25) is 4.99 Å². The molecule has 124 valence electrons. The number of hydrogen-bond donors (Lipinski definition) is 3. The minimum atomic E-state index is -0.485. The maximum atomic E-state index is 11.5. The zero-order valence-corrected chi connectivity index (χ0v) is 14.6. The predicted molar refractivity (Wildman–Crippen MR) is 89.3 cm³/mol. The second kappa shape index (κ2) is 8.57.